The van der Waals surface area contributed by atoms with Gasteiger partial charge in [0.1, 0.15) is 0 Å². The fourth-order valence-electron chi connectivity index (χ4n) is 1.62. The Hall–Kier alpha value is -1.36. The van der Waals surface area contributed by atoms with Crippen LogP contribution in [0.2, 0.25) is 0 Å². The molecule has 5 heteroatoms. The predicted octanol–water partition coefficient (Wildman–Crippen LogP) is 0.668. The van der Waals surface area contributed by atoms with Gasteiger partial charge in [-0.1, -0.05) is 0 Å². The Bertz CT molecular complexity index is 309. The summed E-state index contributed by atoms with van der Waals surface area (Å²) in [6, 6.07) is 0. The minimum atomic E-state index is -0.103. The molecule has 0 bridgehead atoms. The summed E-state index contributed by atoms with van der Waals surface area (Å²) in [6.07, 6.45) is 4.91. The van der Waals surface area contributed by atoms with Crippen molar-refractivity contribution in [2.24, 2.45) is 5.92 Å². The van der Waals surface area contributed by atoms with E-state index in [9.17, 15) is 0 Å². The first-order valence-electron chi connectivity index (χ1n) is 5.06. The first-order chi connectivity index (χ1) is 7.28. The van der Waals surface area contributed by atoms with E-state index < -0.39 is 0 Å². The number of nitrogens with zero attached hydrogens (tertiary/aromatic N) is 2. The van der Waals surface area contributed by atoms with Crippen LogP contribution in [0.5, 0.6) is 5.75 Å². The Balaban J connectivity index is 1.78. The van der Waals surface area contributed by atoms with Crippen molar-refractivity contribution in [1.29, 1.82) is 0 Å². The monoisotopic (exact) mass is 209 g/mol. The average molecular weight is 209 g/mol. The lowest BCUT2D eigenvalue weighted by Crippen LogP contribution is -2.33. The van der Waals surface area contributed by atoms with Crippen LogP contribution in [0.15, 0.2) is 12.4 Å². The Morgan fingerprint density at radius 1 is 1.47 bits per heavy atom. The molecule has 0 saturated heterocycles. The second-order valence-corrected chi connectivity index (χ2v) is 3.82. The molecule has 0 aliphatic heterocycles. The number of aromatic nitrogens is 2. The third-order valence-electron chi connectivity index (χ3n) is 2.62. The molecule has 0 unspecified atom stereocenters. The third-order valence-corrected chi connectivity index (χ3v) is 2.62. The molecule has 1 aromatic heterocycles. The van der Waals surface area contributed by atoms with E-state index >= 15 is 0 Å². The van der Waals surface area contributed by atoms with Crippen LogP contribution in [0.3, 0.4) is 0 Å². The molecular weight excluding hydrogens is 194 g/mol. The lowest BCUT2D eigenvalue weighted by Gasteiger charge is -2.31. The summed E-state index contributed by atoms with van der Waals surface area (Å²) in [6.45, 7) is 0.823. The van der Waals surface area contributed by atoms with Crippen molar-refractivity contribution in [3.8, 4) is 5.75 Å². The van der Waals surface area contributed by atoms with Gasteiger partial charge in [0.15, 0.2) is 5.75 Å². The minimum absolute atomic E-state index is 0.103. The predicted molar refractivity (Wildman–Crippen MR) is 55.8 cm³/mol. The SMILES string of the molecule is COc1cnc(NCC2CC(O)C2)nc1. The van der Waals surface area contributed by atoms with Crippen molar-refractivity contribution >= 4 is 5.95 Å². The van der Waals surface area contributed by atoms with Crippen molar-refractivity contribution in [1.82, 2.24) is 9.97 Å². The van der Waals surface area contributed by atoms with Crippen LogP contribution >= 0.6 is 0 Å². The molecular formula is C10H15N3O2. The molecule has 0 amide bonds. The average Bonchev–Trinajstić information content (AvgIpc) is 2.23. The molecule has 15 heavy (non-hydrogen) atoms. The van der Waals surface area contributed by atoms with Crippen LogP contribution in [-0.2, 0) is 0 Å². The van der Waals surface area contributed by atoms with E-state index in [1.54, 1.807) is 19.5 Å². The van der Waals surface area contributed by atoms with Crippen molar-refractivity contribution in [2.45, 2.75) is 18.9 Å². The fourth-order valence-corrected chi connectivity index (χ4v) is 1.62. The molecule has 1 fully saturated rings. The molecule has 2 N–H and O–H groups in total. The van der Waals surface area contributed by atoms with E-state index in [1.165, 1.54) is 0 Å². The minimum Gasteiger partial charge on any atom is -0.494 e. The number of nitrogens with one attached hydrogen (secondary N) is 1. The number of hydrogen-bond acceptors (Lipinski definition) is 5. The number of rotatable bonds is 4. The van der Waals surface area contributed by atoms with Crippen LogP contribution in [0, 0.1) is 5.92 Å². The number of methoxy groups -OCH3 is 1. The summed E-state index contributed by atoms with van der Waals surface area (Å²) < 4.78 is 4.96. The summed E-state index contributed by atoms with van der Waals surface area (Å²) in [5, 5.41) is 12.2. The summed E-state index contributed by atoms with van der Waals surface area (Å²) in [4.78, 5) is 8.18. The van der Waals surface area contributed by atoms with Crippen LogP contribution in [0.25, 0.3) is 0 Å². The van der Waals surface area contributed by atoms with Gasteiger partial charge in [0.25, 0.3) is 0 Å². The van der Waals surface area contributed by atoms with Crippen molar-refractivity contribution in [2.75, 3.05) is 19.0 Å². The van der Waals surface area contributed by atoms with Crippen molar-refractivity contribution in [3.05, 3.63) is 12.4 Å². The van der Waals surface area contributed by atoms with Gasteiger partial charge >= 0.3 is 0 Å². The number of ether oxygens (including phenoxy) is 1. The Morgan fingerprint density at radius 3 is 2.67 bits per heavy atom. The molecule has 0 atom stereocenters. The zero-order chi connectivity index (χ0) is 10.7. The lowest BCUT2D eigenvalue weighted by atomic mass is 9.82. The standard InChI is InChI=1S/C10H15N3O2/c1-15-9-5-12-10(13-6-9)11-4-7-2-8(14)3-7/h5-8,14H,2-4H2,1H3,(H,11,12,13). The van der Waals surface area contributed by atoms with Gasteiger partial charge in [0.05, 0.1) is 25.6 Å². The molecule has 1 aromatic rings. The largest absolute Gasteiger partial charge is 0.494 e. The first kappa shape index (κ1) is 10.2. The first-order valence-corrected chi connectivity index (χ1v) is 5.06. The Morgan fingerprint density at radius 2 is 2.13 bits per heavy atom. The third kappa shape index (κ3) is 2.56. The Kier molecular flexibility index (Phi) is 3.01. The molecule has 0 spiro atoms. The maximum absolute atomic E-state index is 9.11. The lowest BCUT2D eigenvalue weighted by molar-refractivity contribution is 0.0486. The van der Waals surface area contributed by atoms with Crippen LogP contribution in [-0.4, -0.2) is 34.8 Å². The quantitative estimate of drug-likeness (QED) is 0.762. The maximum atomic E-state index is 9.11. The van der Waals surface area contributed by atoms with Crippen molar-refractivity contribution < 1.29 is 9.84 Å². The fraction of sp³-hybridized carbons (Fsp3) is 0.600. The highest BCUT2D eigenvalue weighted by atomic mass is 16.5. The van der Waals surface area contributed by atoms with Gasteiger partial charge < -0.3 is 15.2 Å². The van der Waals surface area contributed by atoms with E-state index in [1.807, 2.05) is 0 Å². The van der Waals surface area contributed by atoms with Crippen LogP contribution in [0.1, 0.15) is 12.8 Å². The molecule has 1 aliphatic rings. The summed E-state index contributed by atoms with van der Waals surface area (Å²) in [7, 11) is 1.58. The maximum Gasteiger partial charge on any atom is 0.222 e. The van der Waals surface area contributed by atoms with E-state index in [4.69, 9.17) is 9.84 Å². The zero-order valence-corrected chi connectivity index (χ0v) is 8.68. The van der Waals surface area contributed by atoms with E-state index in [0.29, 0.717) is 17.6 Å². The zero-order valence-electron chi connectivity index (χ0n) is 8.68. The van der Waals surface area contributed by atoms with Crippen molar-refractivity contribution in [3.63, 3.8) is 0 Å². The highest BCUT2D eigenvalue weighted by Gasteiger charge is 2.26. The second-order valence-electron chi connectivity index (χ2n) is 3.82. The molecule has 5 nitrogen and oxygen atoms in total. The number of aliphatic hydroxyl groups is 1. The number of anilines is 1. The van der Waals surface area contributed by atoms with E-state index in [-0.39, 0.29) is 6.10 Å². The smallest absolute Gasteiger partial charge is 0.222 e. The highest BCUT2D eigenvalue weighted by molar-refractivity contribution is 5.27. The molecule has 2 rings (SSSR count). The van der Waals surface area contributed by atoms with E-state index in [0.717, 1.165) is 19.4 Å². The topological polar surface area (TPSA) is 67.3 Å². The number of hydrogen-bond donors (Lipinski definition) is 2. The second kappa shape index (κ2) is 4.44. The molecule has 0 radical (unpaired) electrons. The molecule has 1 aliphatic carbocycles. The van der Waals surface area contributed by atoms with Gasteiger partial charge in [0.2, 0.25) is 5.95 Å². The van der Waals surface area contributed by atoms with Gasteiger partial charge in [-0.15, -0.1) is 0 Å². The summed E-state index contributed by atoms with van der Waals surface area (Å²) >= 11 is 0. The summed E-state index contributed by atoms with van der Waals surface area (Å²) in [5.41, 5.74) is 0. The summed E-state index contributed by atoms with van der Waals surface area (Å²) in [5.74, 6) is 1.81. The van der Waals surface area contributed by atoms with Crippen LogP contribution in [0.4, 0.5) is 5.95 Å². The van der Waals surface area contributed by atoms with Gasteiger partial charge in [-0.05, 0) is 18.8 Å². The van der Waals surface area contributed by atoms with E-state index in [2.05, 4.69) is 15.3 Å². The molecule has 1 heterocycles. The molecule has 1 saturated carbocycles. The molecule has 82 valence electrons. The van der Waals surface area contributed by atoms with Gasteiger partial charge in [0, 0.05) is 6.54 Å². The highest BCUT2D eigenvalue weighted by Crippen LogP contribution is 2.26. The van der Waals surface area contributed by atoms with Crippen LogP contribution < -0.4 is 10.1 Å². The molecule has 0 aromatic carbocycles. The van der Waals surface area contributed by atoms with Gasteiger partial charge in [-0.2, -0.15) is 0 Å². The Labute approximate surface area is 88.5 Å². The number of aliphatic hydroxyl groups excluding tert-OH is 1. The normalized spacial score (nSPS) is 24.4. The van der Waals surface area contributed by atoms with Gasteiger partial charge in [-0.25, -0.2) is 9.97 Å². The van der Waals surface area contributed by atoms with Gasteiger partial charge in [-0.3, -0.25) is 0 Å².